The Morgan fingerprint density at radius 1 is 1.41 bits per heavy atom. The molecule has 1 aromatic rings. The largest absolute Gasteiger partial charge is 0.382 e. The number of hydrogen-bond acceptors (Lipinski definition) is 4. The Hall–Kier alpha value is -1.62. The van der Waals surface area contributed by atoms with Gasteiger partial charge < -0.3 is 10.1 Å². The lowest BCUT2D eigenvalue weighted by Crippen LogP contribution is -2.19. The summed E-state index contributed by atoms with van der Waals surface area (Å²) in [5.74, 6) is 0. The molecule has 0 saturated carbocycles. The number of nitro benzene ring substituents is 1. The monoisotopic (exact) mass is 238 g/mol. The van der Waals surface area contributed by atoms with E-state index in [0.29, 0.717) is 12.3 Å². The van der Waals surface area contributed by atoms with Crippen LogP contribution in [0.3, 0.4) is 0 Å². The van der Waals surface area contributed by atoms with Crippen LogP contribution < -0.4 is 5.32 Å². The lowest BCUT2D eigenvalue weighted by molar-refractivity contribution is -0.384. The maximum atomic E-state index is 10.9. The van der Waals surface area contributed by atoms with Crippen molar-refractivity contribution in [1.29, 1.82) is 0 Å². The van der Waals surface area contributed by atoms with Crippen LogP contribution in [0.15, 0.2) is 18.2 Å². The van der Waals surface area contributed by atoms with Gasteiger partial charge in [0.1, 0.15) is 5.69 Å². The molecule has 0 spiro atoms. The SMILES string of the molecule is CNc1c(COC(C)(C)C)cccc1[N+](=O)[O-]. The Bertz CT molecular complexity index is 411. The standard InChI is InChI=1S/C12H18N2O3/c1-12(2,3)17-8-9-6-5-7-10(14(15)16)11(9)13-4/h5-7,13H,8H2,1-4H3. The van der Waals surface area contributed by atoms with Crippen molar-refractivity contribution in [3.8, 4) is 0 Å². The summed E-state index contributed by atoms with van der Waals surface area (Å²) in [7, 11) is 1.67. The minimum absolute atomic E-state index is 0.0718. The van der Waals surface area contributed by atoms with Gasteiger partial charge in [0.05, 0.1) is 17.1 Å². The number of nitrogens with zero attached hydrogens (tertiary/aromatic N) is 1. The first-order valence-corrected chi connectivity index (χ1v) is 5.43. The number of rotatable bonds is 4. The second-order valence-electron chi connectivity index (χ2n) is 4.72. The Kier molecular flexibility index (Phi) is 4.07. The average Bonchev–Trinajstić information content (AvgIpc) is 2.24. The maximum Gasteiger partial charge on any atom is 0.292 e. The summed E-state index contributed by atoms with van der Waals surface area (Å²) in [4.78, 5) is 10.5. The highest BCUT2D eigenvalue weighted by Gasteiger charge is 2.18. The molecule has 0 unspecified atom stereocenters. The van der Waals surface area contributed by atoms with Crippen LogP contribution in [0.1, 0.15) is 26.3 Å². The summed E-state index contributed by atoms with van der Waals surface area (Å²) in [5, 5.41) is 13.7. The van der Waals surface area contributed by atoms with Crippen molar-refractivity contribution in [2.45, 2.75) is 33.0 Å². The third-order valence-corrected chi connectivity index (χ3v) is 2.24. The topological polar surface area (TPSA) is 64.4 Å². The van der Waals surface area contributed by atoms with Crippen LogP contribution in [0, 0.1) is 10.1 Å². The summed E-state index contributed by atoms with van der Waals surface area (Å²) >= 11 is 0. The van der Waals surface area contributed by atoms with Crippen molar-refractivity contribution in [2.75, 3.05) is 12.4 Å². The van der Waals surface area contributed by atoms with E-state index < -0.39 is 4.92 Å². The summed E-state index contributed by atoms with van der Waals surface area (Å²) in [6.45, 7) is 6.19. The number of para-hydroxylation sites is 1. The summed E-state index contributed by atoms with van der Waals surface area (Å²) in [5.41, 5.74) is 1.11. The van der Waals surface area contributed by atoms with Gasteiger partial charge in [-0.2, -0.15) is 0 Å². The average molecular weight is 238 g/mol. The third-order valence-electron chi connectivity index (χ3n) is 2.24. The molecule has 0 bridgehead atoms. The lowest BCUT2D eigenvalue weighted by Gasteiger charge is -2.20. The molecule has 1 N–H and O–H groups in total. The quantitative estimate of drug-likeness (QED) is 0.647. The number of anilines is 1. The van der Waals surface area contributed by atoms with Gasteiger partial charge in [-0.1, -0.05) is 12.1 Å². The molecule has 94 valence electrons. The molecule has 1 rings (SSSR count). The van der Waals surface area contributed by atoms with E-state index in [4.69, 9.17) is 4.74 Å². The fourth-order valence-corrected chi connectivity index (χ4v) is 1.44. The molecule has 0 atom stereocenters. The molecule has 0 amide bonds. The van der Waals surface area contributed by atoms with Crippen LogP contribution in [0.2, 0.25) is 0 Å². The molecular formula is C12H18N2O3. The van der Waals surface area contributed by atoms with E-state index in [1.54, 1.807) is 13.1 Å². The van der Waals surface area contributed by atoms with Gasteiger partial charge in [-0.25, -0.2) is 0 Å². The predicted molar refractivity (Wildman–Crippen MR) is 67.2 cm³/mol. The molecule has 0 aliphatic carbocycles. The molecule has 17 heavy (non-hydrogen) atoms. The van der Waals surface area contributed by atoms with Crippen LogP contribution in [0.25, 0.3) is 0 Å². The van der Waals surface area contributed by atoms with Crippen LogP contribution >= 0.6 is 0 Å². The molecule has 5 nitrogen and oxygen atoms in total. The Balaban J connectivity index is 2.99. The summed E-state index contributed by atoms with van der Waals surface area (Å²) in [6, 6.07) is 4.97. The normalized spacial score (nSPS) is 11.3. The summed E-state index contributed by atoms with van der Waals surface area (Å²) < 4.78 is 5.63. The second-order valence-corrected chi connectivity index (χ2v) is 4.72. The highest BCUT2D eigenvalue weighted by molar-refractivity contribution is 5.65. The molecule has 0 fully saturated rings. The Morgan fingerprint density at radius 3 is 2.53 bits per heavy atom. The van der Waals surface area contributed by atoms with Crippen LogP contribution in [0.5, 0.6) is 0 Å². The molecule has 5 heteroatoms. The molecule has 0 heterocycles. The van der Waals surface area contributed by atoms with E-state index in [2.05, 4.69) is 5.32 Å². The number of hydrogen-bond donors (Lipinski definition) is 1. The minimum Gasteiger partial charge on any atom is -0.382 e. The van der Waals surface area contributed by atoms with Crippen LogP contribution in [-0.2, 0) is 11.3 Å². The molecule has 0 aliphatic rings. The molecule has 1 aromatic carbocycles. The third kappa shape index (κ3) is 3.71. The first-order valence-electron chi connectivity index (χ1n) is 5.43. The Morgan fingerprint density at radius 2 is 2.06 bits per heavy atom. The van der Waals surface area contributed by atoms with Crippen molar-refractivity contribution in [3.63, 3.8) is 0 Å². The van der Waals surface area contributed by atoms with E-state index in [1.165, 1.54) is 6.07 Å². The number of ether oxygens (including phenoxy) is 1. The van der Waals surface area contributed by atoms with Crippen LogP contribution in [0.4, 0.5) is 11.4 Å². The second kappa shape index (κ2) is 5.14. The van der Waals surface area contributed by atoms with Crippen molar-refractivity contribution in [1.82, 2.24) is 0 Å². The van der Waals surface area contributed by atoms with Gasteiger partial charge in [-0.05, 0) is 20.8 Å². The maximum absolute atomic E-state index is 10.9. The molecular weight excluding hydrogens is 220 g/mol. The number of nitrogens with one attached hydrogen (secondary N) is 1. The van der Waals surface area contributed by atoms with Gasteiger partial charge >= 0.3 is 0 Å². The van der Waals surface area contributed by atoms with Crippen LogP contribution in [-0.4, -0.2) is 17.6 Å². The Labute approximate surface area is 101 Å². The zero-order valence-electron chi connectivity index (χ0n) is 10.6. The fraction of sp³-hybridized carbons (Fsp3) is 0.500. The molecule has 0 saturated heterocycles. The molecule has 0 aromatic heterocycles. The highest BCUT2D eigenvalue weighted by Crippen LogP contribution is 2.29. The van der Waals surface area contributed by atoms with Gasteiger partial charge in [-0.15, -0.1) is 0 Å². The molecule has 0 aliphatic heterocycles. The van der Waals surface area contributed by atoms with Crippen molar-refractivity contribution < 1.29 is 9.66 Å². The first kappa shape index (κ1) is 13.4. The van der Waals surface area contributed by atoms with Gasteiger partial charge in [-0.3, -0.25) is 10.1 Å². The smallest absolute Gasteiger partial charge is 0.292 e. The fourth-order valence-electron chi connectivity index (χ4n) is 1.44. The lowest BCUT2D eigenvalue weighted by atomic mass is 10.1. The van der Waals surface area contributed by atoms with Gasteiger partial charge in [0.15, 0.2) is 0 Å². The van der Waals surface area contributed by atoms with E-state index in [-0.39, 0.29) is 11.3 Å². The van der Waals surface area contributed by atoms with E-state index in [1.807, 2.05) is 26.8 Å². The zero-order valence-corrected chi connectivity index (χ0v) is 10.6. The highest BCUT2D eigenvalue weighted by atomic mass is 16.6. The van der Waals surface area contributed by atoms with Gasteiger partial charge in [0.2, 0.25) is 0 Å². The predicted octanol–water partition coefficient (Wildman–Crippen LogP) is 2.95. The minimum atomic E-state index is -0.396. The van der Waals surface area contributed by atoms with E-state index >= 15 is 0 Å². The summed E-state index contributed by atoms with van der Waals surface area (Å²) in [6.07, 6.45) is 0. The number of nitro groups is 1. The zero-order chi connectivity index (χ0) is 13.1. The van der Waals surface area contributed by atoms with Crippen molar-refractivity contribution in [2.24, 2.45) is 0 Å². The first-order chi connectivity index (χ1) is 7.85. The van der Waals surface area contributed by atoms with E-state index in [9.17, 15) is 10.1 Å². The van der Waals surface area contributed by atoms with Gasteiger partial charge in [0, 0.05) is 18.7 Å². The van der Waals surface area contributed by atoms with E-state index in [0.717, 1.165) is 5.56 Å². The van der Waals surface area contributed by atoms with Crippen molar-refractivity contribution >= 4 is 11.4 Å². The number of benzene rings is 1. The molecule has 0 radical (unpaired) electrons. The van der Waals surface area contributed by atoms with Crippen molar-refractivity contribution in [3.05, 3.63) is 33.9 Å². The van der Waals surface area contributed by atoms with Gasteiger partial charge in [0.25, 0.3) is 5.69 Å².